The van der Waals surface area contributed by atoms with Gasteiger partial charge < -0.3 is 43.4 Å². The molecule has 0 aromatic heterocycles. The fourth-order valence-electron chi connectivity index (χ4n) is 9.92. The Labute approximate surface area is 272 Å². The normalized spacial score (nSPS) is 48.1. The minimum atomic E-state index is -1.08. The molecule has 14 atom stereocenters. The molecule has 0 aromatic carbocycles. The molecule has 6 aliphatic rings. The van der Waals surface area contributed by atoms with E-state index >= 15 is 0 Å². The Hall–Kier alpha value is -1.41. The van der Waals surface area contributed by atoms with Crippen molar-refractivity contribution in [2.75, 3.05) is 21.0 Å². The Bertz CT molecular complexity index is 1190. The maximum Gasteiger partial charge on any atom is 0.274 e. The number of rotatable bonds is 9. The lowest BCUT2D eigenvalue weighted by atomic mass is 9.46. The molecule has 0 aromatic rings. The fraction of sp³-hybridized carbons (Fsp3) is 0.857. The van der Waals surface area contributed by atoms with Crippen molar-refractivity contribution in [1.82, 2.24) is 0 Å². The Balaban J connectivity index is 1.12. The predicted octanol–water partition coefficient (Wildman–Crippen LogP) is 4.34. The Morgan fingerprint density at radius 2 is 1.80 bits per heavy atom. The van der Waals surface area contributed by atoms with Crippen LogP contribution in [0.25, 0.3) is 0 Å². The number of carbonyl (C=O) groups excluding carboxylic acids is 1. The molecule has 0 amide bonds. The highest BCUT2D eigenvalue weighted by atomic mass is 16.9. The number of fused-ring (bicyclic) bond motifs is 5. The molecule has 4 aliphatic carbocycles. The van der Waals surface area contributed by atoms with Gasteiger partial charge in [-0.25, -0.2) is 0 Å². The van der Waals surface area contributed by atoms with Crippen molar-refractivity contribution in [3.05, 3.63) is 23.5 Å². The molecule has 11 heteroatoms. The molecule has 0 radical (unpaired) electrons. The number of ether oxygens (including phenoxy) is 8. The maximum atomic E-state index is 12.8. The highest BCUT2D eigenvalue weighted by Crippen LogP contribution is 2.68. The van der Waals surface area contributed by atoms with E-state index in [9.17, 15) is 15.0 Å². The third-order valence-electron chi connectivity index (χ3n) is 12.7. The van der Waals surface area contributed by atoms with E-state index in [0.29, 0.717) is 29.9 Å². The van der Waals surface area contributed by atoms with Crippen LogP contribution in [0.1, 0.15) is 86.0 Å². The standard InChI is InChI=1S/C35H54O11/c1-19-16-27(40-7)29(37)31(42-19)45-23-10-13-33(4)22(17-23)8-9-24-25(33)11-14-34(5)26(24)12-15-35(34,38)21(3)44-32-43-20(2)28(36)30(46-32)41-18-39-6/h8,16,19-21,23-26,28,30-32,36,38H,9-15,17-18H2,1-7H3. The molecule has 4 fully saturated rings. The number of methoxy groups -OCH3 is 2. The first-order valence-electron chi connectivity index (χ1n) is 17.1. The summed E-state index contributed by atoms with van der Waals surface area (Å²) in [6.07, 6.45) is 6.92. The van der Waals surface area contributed by atoms with Crippen molar-refractivity contribution in [1.29, 1.82) is 0 Å². The molecule has 3 saturated carbocycles. The third-order valence-corrected chi connectivity index (χ3v) is 12.7. The van der Waals surface area contributed by atoms with Gasteiger partial charge in [-0.15, -0.1) is 0 Å². The van der Waals surface area contributed by atoms with Gasteiger partial charge in [0.1, 0.15) is 12.9 Å². The zero-order chi connectivity index (χ0) is 33.0. The van der Waals surface area contributed by atoms with Gasteiger partial charge >= 0.3 is 0 Å². The largest absolute Gasteiger partial charge is 0.493 e. The average Bonchev–Trinajstić information content (AvgIpc) is 3.31. The van der Waals surface area contributed by atoms with Crippen LogP contribution in [0.3, 0.4) is 0 Å². The van der Waals surface area contributed by atoms with Gasteiger partial charge in [-0.3, -0.25) is 9.53 Å². The smallest absolute Gasteiger partial charge is 0.274 e. The van der Waals surface area contributed by atoms with Crippen molar-refractivity contribution in [3.8, 4) is 0 Å². The predicted molar refractivity (Wildman–Crippen MR) is 165 cm³/mol. The van der Waals surface area contributed by atoms with Crippen LogP contribution >= 0.6 is 0 Å². The molecule has 2 N–H and O–H groups in total. The zero-order valence-corrected chi connectivity index (χ0v) is 28.4. The second-order valence-corrected chi connectivity index (χ2v) is 14.9. The molecule has 0 spiro atoms. The highest BCUT2D eigenvalue weighted by molar-refractivity contribution is 5.96. The first kappa shape index (κ1) is 34.5. The Morgan fingerprint density at radius 1 is 1.04 bits per heavy atom. The molecule has 0 bridgehead atoms. The van der Waals surface area contributed by atoms with Gasteiger partial charge in [0.05, 0.1) is 37.1 Å². The number of hydrogen-bond acceptors (Lipinski definition) is 11. The van der Waals surface area contributed by atoms with E-state index in [0.717, 1.165) is 44.9 Å². The maximum absolute atomic E-state index is 12.8. The lowest BCUT2D eigenvalue weighted by molar-refractivity contribution is -0.430. The Morgan fingerprint density at radius 3 is 2.54 bits per heavy atom. The van der Waals surface area contributed by atoms with Crippen LogP contribution in [-0.4, -0.2) is 92.2 Å². The van der Waals surface area contributed by atoms with Crippen LogP contribution in [0, 0.1) is 28.6 Å². The van der Waals surface area contributed by atoms with E-state index in [1.807, 2.05) is 13.8 Å². The summed E-state index contributed by atoms with van der Waals surface area (Å²) in [4.78, 5) is 12.8. The van der Waals surface area contributed by atoms with Gasteiger partial charge in [0, 0.05) is 12.5 Å². The molecule has 6 rings (SSSR count). The summed E-state index contributed by atoms with van der Waals surface area (Å²) < 4.78 is 45.7. The van der Waals surface area contributed by atoms with Crippen LogP contribution in [0.15, 0.2) is 23.5 Å². The first-order chi connectivity index (χ1) is 21.8. The summed E-state index contributed by atoms with van der Waals surface area (Å²) in [5, 5.41) is 22.8. The molecule has 14 unspecified atom stereocenters. The fourth-order valence-corrected chi connectivity index (χ4v) is 9.92. The molecule has 2 heterocycles. The van der Waals surface area contributed by atoms with Gasteiger partial charge in [0.15, 0.2) is 12.0 Å². The lowest BCUT2D eigenvalue weighted by Crippen LogP contribution is -2.60. The van der Waals surface area contributed by atoms with Crippen molar-refractivity contribution < 1.29 is 52.9 Å². The van der Waals surface area contributed by atoms with Crippen LogP contribution in [-0.2, 0) is 42.7 Å². The van der Waals surface area contributed by atoms with Gasteiger partial charge in [0.2, 0.25) is 6.29 Å². The van der Waals surface area contributed by atoms with E-state index in [1.165, 1.54) is 19.8 Å². The van der Waals surface area contributed by atoms with Crippen LogP contribution in [0.5, 0.6) is 0 Å². The first-order valence-corrected chi connectivity index (χ1v) is 17.1. The van der Waals surface area contributed by atoms with Gasteiger partial charge in [-0.2, -0.15) is 0 Å². The number of hydrogen-bond donors (Lipinski definition) is 2. The Kier molecular flexibility index (Phi) is 9.84. The van der Waals surface area contributed by atoms with Crippen LogP contribution < -0.4 is 0 Å². The van der Waals surface area contributed by atoms with Crippen LogP contribution in [0.4, 0.5) is 0 Å². The van der Waals surface area contributed by atoms with Crippen molar-refractivity contribution in [2.24, 2.45) is 28.6 Å². The molecule has 2 aliphatic heterocycles. The van der Waals surface area contributed by atoms with E-state index < -0.39 is 43.0 Å². The summed E-state index contributed by atoms with van der Waals surface area (Å²) in [6.45, 7) is 9.08. The third kappa shape index (κ3) is 5.81. The van der Waals surface area contributed by atoms with Gasteiger partial charge in [-0.1, -0.05) is 25.5 Å². The minimum absolute atomic E-state index is 0.0353. The second-order valence-electron chi connectivity index (χ2n) is 14.9. The summed E-state index contributed by atoms with van der Waals surface area (Å²) in [5.41, 5.74) is 0.106. The van der Waals surface area contributed by atoms with Gasteiger partial charge in [-0.05, 0) is 101 Å². The summed E-state index contributed by atoms with van der Waals surface area (Å²) in [5.74, 6) is 1.39. The number of ketones is 1. The van der Waals surface area contributed by atoms with E-state index in [4.69, 9.17) is 37.9 Å². The quantitative estimate of drug-likeness (QED) is 0.273. The SMILES string of the molecule is COCOC1OC(OC(C)C2(O)CCC3C4CC=C5CC(OC6OC(C)C=C(OC)C6=O)CCC5(C)C4CCC32C)OC(C)C1O. The summed E-state index contributed by atoms with van der Waals surface area (Å²) >= 11 is 0. The lowest BCUT2D eigenvalue weighted by Gasteiger charge is -2.59. The molecular formula is C35H54O11. The topological polar surface area (TPSA) is 131 Å². The van der Waals surface area contributed by atoms with Gasteiger partial charge in [0.25, 0.3) is 12.3 Å². The van der Waals surface area contributed by atoms with Crippen LogP contribution in [0.2, 0.25) is 0 Å². The van der Waals surface area contributed by atoms with Crippen molar-refractivity contribution in [3.63, 3.8) is 0 Å². The zero-order valence-electron chi connectivity index (χ0n) is 28.4. The highest BCUT2D eigenvalue weighted by Gasteiger charge is 2.65. The summed E-state index contributed by atoms with van der Waals surface area (Å²) in [6, 6.07) is 0. The second kappa shape index (κ2) is 13.1. The molecule has 1 saturated heterocycles. The van der Waals surface area contributed by atoms with E-state index in [2.05, 4.69) is 19.9 Å². The number of aliphatic hydroxyl groups excluding tert-OH is 1. The monoisotopic (exact) mass is 650 g/mol. The molecular weight excluding hydrogens is 596 g/mol. The van der Waals surface area contributed by atoms with E-state index in [1.54, 1.807) is 13.0 Å². The molecule has 11 nitrogen and oxygen atoms in total. The minimum Gasteiger partial charge on any atom is -0.493 e. The van der Waals surface area contributed by atoms with Crippen molar-refractivity contribution in [2.45, 2.75) is 141 Å². The summed E-state index contributed by atoms with van der Waals surface area (Å²) in [7, 11) is 3.01. The number of allylic oxidation sites excluding steroid dienone is 1. The number of aliphatic hydroxyl groups is 2. The number of Topliss-reactive ketones (excluding diaryl/α,β-unsaturated/α-hetero) is 1. The molecule has 260 valence electrons. The van der Waals surface area contributed by atoms with Crippen molar-refractivity contribution >= 4 is 5.78 Å². The number of carbonyl (C=O) groups is 1. The van der Waals surface area contributed by atoms with E-state index in [-0.39, 0.29) is 35.6 Å². The average molecular weight is 651 g/mol. The molecule has 46 heavy (non-hydrogen) atoms.